The average Bonchev–Trinajstić information content (AvgIpc) is 2.67. The first-order valence-corrected chi connectivity index (χ1v) is 8.20. The first-order chi connectivity index (χ1) is 12.8. The summed E-state index contributed by atoms with van der Waals surface area (Å²) in [6, 6.07) is 11.0. The van der Waals surface area contributed by atoms with Crippen LogP contribution in [0.15, 0.2) is 42.5 Å². The highest BCUT2D eigenvalue weighted by molar-refractivity contribution is 5.98. The van der Waals surface area contributed by atoms with E-state index in [1.54, 1.807) is 30.3 Å². The minimum Gasteiger partial charge on any atom is -0.497 e. The van der Waals surface area contributed by atoms with Gasteiger partial charge in [-0.2, -0.15) is 0 Å². The van der Waals surface area contributed by atoms with E-state index in [1.165, 1.54) is 40.2 Å². The Hall–Kier alpha value is -3.35. The average molecular weight is 371 g/mol. The molecule has 0 aliphatic heterocycles. The van der Waals surface area contributed by atoms with Crippen LogP contribution in [-0.2, 0) is 9.53 Å². The minimum absolute atomic E-state index is 0.0658. The minimum atomic E-state index is -1.03. The zero-order valence-electron chi connectivity index (χ0n) is 15.6. The topological polar surface area (TPSA) is 90.9 Å². The molecule has 1 amide bonds. The van der Waals surface area contributed by atoms with E-state index in [4.69, 9.17) is 14.2 Å². The maximum atomic E-state index is 12.3. The number of carbonyl (C=O) groups excluding carboxylic acids is 3. The molecule has 0 fully saturated rings. The molecule has 2 aromatic rings. The van der Waals surface area contributed by atoms with Gasteiger partial charge in [-0.25, -0.2) is 4.79 Å². The maximum absolute atomic E-state index is 12.3. The van der Waals surface area contributed by atoms with Crippen molar-refractivity contribution in [1.29, 1.82) is 0 Å². The Kier molecular flexibility index (Phi) is 6.54. The van der Waals surface area contributed by atoms with Gasteiger partial charge in [0.2, 0.25) is 0 Å². The van der Waals surface area contributed by atoms with Gasteiger partial charge in [0.25, 0.3) is 5.91 Å². The number of hydrogen-bond acceptors (Lipinski definition) is 6. The highest BCUT2D eigenvalue weighted by Crippen LogP contribution is 2.23. The second-order valence-corrected chi connectivity index (χ2v) is 5.77. The SMILES string of the molecule is COc1cc(OC)cc(C(=O)O[C@H](C)C(=O)Nc2ccc(C(C)=O)cc2)c1. The van der Waals surface area contributed by atoms with Gasteiger partial charge in [-0.3, -0.25) is 9.59 Å². The Labute approximate surface area is 157 Å². The summed E-state index contributed by atoms with van der Waals surface area (Å²) in [5.74, 6) is -0.368. The molecule has 1 atom stereocenters. The maximum Gasteiger partial charge on any atom is 0.339 e. The highest BCUT2D eigenvalue weighted by atomic mass is 16.5. The van der Waals surface area contributed by atoms with E-state index in [9.17, 15) is 14.4 Å². The van der Waals surface area contributed by atoms with Crippen molar-refractivity contribution in [2.24, 2.45) is 0 Å². The lowest BCUT2D eigenvalue weighted by Crippen LogP contribution is -2.30. The van der Waals surface area contributed by atoms with Gasteiger partial charge in [-0.15, -0.1) is 0 Å². The molecule has 2 aromatic carbocycles. The number of carbonyl (C=O) groups is 3. The summed E-state index contributed by atoms with van der Waals surface area (Å²) >= 11 is 0. The zero-order valence-corrected chi connectivity index (χ0v) is 15.6. The van der Waals surface area contributed by atoms with E-state index in [1.807, 2.05) is 0 Å². The molecule has 1 N–H and O–H groups in total. The molecule has 7 nitrogen and oxygen atoms in total. The standard InChI is InChI=1S/C20H21NO6/c1-12(22)14-5-7-16(8-6-14)21-19(23)13(2)27-20(24)15-9-17(25-3)11-18(10-15)26-4/h5-11,13H,1-4H3,(H,21,23)/t13-/m1/s1. The van der Waals surface area contributed by atoms with Gasteiger partial charge < -0.3 is 19.5 Å². The highest BCUT2D eigenvalue weighted by Gasteiger charge is 2.20. The fourth-order valence-corrected chi connectivity index (χ4v) is 2.24. The summed E-state index contributed by atoms with van der Waals surface area (Å²) in [7, 11) is 2.94. The van der Waals surface area contributed by atoms with Crippen LogP contribution in [0.25, 0.3) is 0 Å². The third-order valence-electron chi connectivity index (χ3n) is 3.80. The molecule has 0 aromatic heterocycles. The monoisotopic (exact) mass is 371 g/mol. The molecule has 0 bridgehead atoms. The summed E-state index contributed by atoms with van der Waals surface area (Å²) in [4.78, 5) is 35.8. The molecule has 0 unspecified atom stereocenters. The predicted octanol–water partition coefficient (Wildman–Crippen LogP) is 3.09. The van der Waals surface area contributed by atoms with Gasteiger partial charge in [0.05, 0.1) is 19.8 Å². The second kappa shape index (κ2) is 8.84. The molecular weight excluding hydrogens is 350 g/mol. The Morgan fingerprint density at radius 2 is 1.44 bits per heavy atom. The van der Waals surface area contributed by atoms with Crippen molar-refractivity contribution in [2.45, 2.75) is 20.0 Å². The lowest BCUT2D eigenvalue weighted by Gasteiger charge is -2.14. The van der Waals surface area contributed by atoms with Crippen LogP contribution in [0.1, 0.15) is 34.6 Å². The van der Waals surface area contributed by atoms with Crippen molar-refractivity contribution in [3.63, 3.8) is 0 Å². The van der Waals surface area contributed by atoms with Crippen LogP contribution >= 0.6 is 0 Å². The third kappa shape index (κ3) is 5.31. The van der Waals surface area contributed by atoms with E-state index < -0.39 is 18.0 Å². The van der Waals surface area contributed by atoms with E-state index in [2.05, 4.69) is 5.32 Å². The lowest BCUT2D eigenvalue weighted by molar-refractivity contribution is -0.123. The lowest BCUT2D eigenvalue weighted by atomic mass is 10.1. The summed E-state index contributed by atoms with van der Waals surface area (Å²) in [6.07, 6.45) is -1.03. The van der Waals surface area contributed by atoms with Gasteiger partial charge in [-0.05, 0) is 50.2 Å². The summed E-state index contributed by atoms with van der Waals surface area (Å²) in [5.41, 5.74) is 1.24. The molecule has 0 spiro atoms. The molecule has 0 saturated heterocycles. The van der Waals surface area contributed by atoms with Crippen LogP contribution in [-0.4, -0.2) is 38.0 Å². The first-order valence-electron chi connectivity index (χ1n) is 8.20. The number of methoxy groups -OCH3 is 2. The van der Waals surface area contributed by atoms with Crippen LogP contribution in [0.2, 0.25) is 0 Å². The molecule has 0 heterocycles. The Balaban J connectivity index is 2.03. The van der Waals surface area contributed by atoms with Gasteiger partial charge >= 0.3 is 5.97 Å². The molecule has 0 aliphatic rings. The largest absolute Gasteiger partial charge is 0.497 e. The normalized spacial score (nSPS) is 11.3. The van der Waals surface area contributed by atoms with Crippen molar-refractivity contribution in [1.82, 2.24) is 0 Å². The fourth-order valence-electron chi connectivity index (χ4n) is 2.24. The fraction of sp³-hybridized carbons (Fsp3) is 0.250. The number of hydrogen-bond donors (Lipinski definition) is 1. The van der Waals surface area contributed by atoms with Gasteiger partial charge in [0.15, 0.2) is 11.9 Å². The number of ketones is 1. The quantitative estimate of drug-likeness (QED) is 0.594. The summed E-state index contributed by atoms with van der Waals surface area (Å²) in [6.45, 7) is 2.93. The van der Waals surface area contributed by atoms with Gasteiger partial charge in [-0.1, -0.05) is 0 Å². The predicted molar refractivity (Wildman–Crippen MR) is 99.5 cm³/mol. The number of ether oxygens (including phenoxy) is 3. The zero-order chi connectivity index (χ0) is 20.0. The number of anilines is 1. The number of benzene rings is 2. The number of esters is 1. The Morgan fingerprint density at radius 3 is 1.93 bits per heavy atom. The molecule has 0 saturated carbocycles. The molecule has 0 radical (unpaired) electrons. The van der Waals surface area contributed by atoms with Crippen molar-refractivity contribution < 1.29 is 28.6 Å². The van der Waals surface area contributed by atoms with E-state index >= 15 is 0 Å². The van der Waals surface area contributed by atoms with Crippen LogP contribution in [0.3, 0.4) is 0 Å². The molecule has 7 heteroatoms. The Morgan fingerprint density at radius 1 is 0.889 bits per heavy atom. The van der Waals surface area contributed by atoms with Crippen molar-refractivity contribution in [3.8, 4) is 11.5 Å². The number of amides is 1. The molecule has 142 valence electrons. The van der Waals surface area contributed by atoms with Crippen LogP contribution in [0.5, 0.6) is 11.5 Å². The number of Topliss-reactive ketones (excluding diaryl/α,β-unsaturated/α-hetero) is 1. The second-order valence-electron chi connectivity index (χ2n) is 5.77. The van der Waals surface area contributed by atoms with E-state index in [0.29, 0.717) is 22.7 Å². The summed E-state index contributed by atoms with van der Waals surface area (Å²) in [5, 5.41) is 2.63. The van der Waals surface area contributed by atoms with Crippen LogP contribution < -0.4 is 14.8 Å². The van der Waals surface area contributed by atoms with Crippen molar-refractivity contribution in [2.75, 3.05) is 19.5 Å². The smallest absolute Gasteiger partial charge is 0.339 e. The van der Waals surface area contributed by atoms with Crippen LogP contribution in [0.4, 0.5) is 5.69 Å². The molecule has 2 rings (SSSR count). The van der Waals surface area contributed by atoms with E-state index in [0.717, 1.165) is 0 Å². The number of rotatable bonds is 7. The molecule has 0 aliphatic carbocycles. The number of nitrogens with one attached hydrogen (secondary N) is 1. The Bertz CT molecular complexity index is 822. The molecular formula is C20H21NO6. The van der Waals surface area contributed by atoms with Crippen molar-refractivity contribution in [3.05, 3.63) is 53.6 Å². The molecule has 27 heavy (non-hydrogen) atoms. The van der Waals surface area contributed by atoms with Crippen LogP contribution in [0, 0.1) is 0 Å². The van der Waals surface area contributed by atoms with E-state index in [-0.39, 0.29) is 11.3 Å². The third-order valence-corrected chi connectivity index (χ3v) is 3.80. The van der Waals surface area contributed by atoms with Crippen molar-refractivity contribution >= 4 is 23.3 Å². The van der Waals surface area contributed by atoms with Gasteiger partial charge in [0.1, 0.15) is 11.5 Å². The summed E-state index contributed by atoms with van der Waals surface area (Å²) < 4.78 is 15.4. The first kappa shape index (κ1) is 20.0. The van der Waals surface area contributed by atoms with Gasteiger partial charge in [0, 0.05) is 17.3 Å².